The number of aliphatic hydroxyl groups is 2. The third kappa shape index (κ3) is 3.53. The highest BCUT2D eigenvalue weighted by Gasteiger charge is 2.31. The van der Waals surface area contributed by atoms with E-state index in [9.17, 15) is 19.0 Å². The van der Waals surface area contributed by atoms with Crippen LogP contribution in [0.2, 0.25) is 0 Å². The van der Waals surface area contributed by atoms with Gasteiger partial charge in [0, 0.05) is 17.6 Å². The molecule has 0 saturated heterocycles. The summed E-state index contributed by atoms with van der Waals surface area (Å²) in [5.41, 5.74) is -0.454. The van der Waals surface area contributed by atoms with Crippen LogP contribution in [0.25, 0.3) is 0 Å². The molecule has 2 rings (SSSR count). The van der Waals surface area contributed by atoms with Gasteiger partial charge in [-0.05, 0) is 31.0 Å². The fourth-order valence-electron chi connectivity index (χ4n) is 2.81. The highest BCUT2D eigenvalue weighted by Crippen LogP contribution is 2.28. The lowest BCUT2D eigenvalue weighted by molar-refractivity contribution is 0.0931. The molecule has 3 N–H and O–H groups in total. The molecule has 1 aliphatic rings. The molecule has 1 aromatic carbocycles. The number of hydrogen-bond donors (Lipinski definition) is 3. The number of β-amino-alcohol motifs (C(OH)–C–C–N with tert-alkyl or cyclic N) is 1. The normalized spacial score (nSPS) is 19.8. The first-order valence-corrected chi connectivity index (χ1v) is 7.05. The summed E-state index contributed by atoms with van der Waals surface area (Å²) in [6.45, 7) is 0.0896. The van der Waals surface area contributed by atoms with E-state index in [2.05, 4.69) is 5.32 Å². The van der Waals surface area contributed by atoms with Gasteiger partial charge in [0.2, 0.25) is 0 Å². The van der Waals surface area contributed by atoms with E-state index in [1.54, 1.807) is 0 Å². The summed E-state index contributed by atoms with van der Waals surface area (Å²) in [6, 6.07) is 3.04. The number of halogens is 2. The van der Waals surface area contributed by atoms with Gasteiger partial charge in [-0.1, -0.05) is 19.3 Å². The maximum Gasteiger partial charge on any atom is 0.129 e. The number of benzene rings is 1. The molecule has 0 amide bonds. The van der Waals surface area contributed by atoms with E-state index in [4.69, 9.17) is 0 Å². The molecular formula is C15H21F2NO2. The molecule has 1 saturated carbocycles. The third-order valence-electron chi connectivity index (χ3n) is 4.10. The quantitative estimate of drug-likeness (QED) is 0.778. The minimum atomic E-state index is -1.13. The maximum atomic E-state index is 13.6. The molecule has 1 unspecified atom stereocenters. The lowest BCUT2D eigenvalue weighted by Gasteiger charge is -2.37. The van der Waals surface area contributed by atoms with Gasteiger partial charge in [0.15, 0.2) is 0 Å². The minimum Gasteiger partial charge on any atom is -0.394 e. The predicted octanol–water partition coefficient (Wildman–Crippen LogP) is 2.28. The van der Waals surface area contributed by atoms with Gasteiger partial charge >= 0.3 is 0 Å². The van der Waals surface area contributed by atoms with Crippen LogP contribution in [-0.4, -0.2) is 28.9 Å². The highest BCUT2D eigenvalue weighted by molar-refractivity contribution is 5.21. The molecule has 0 aliphatic heterocycles. The first-order chi connectivity index (χ1) is 9.56. The third-order valence-corrected chi connectivity index (χ3v) is 4.10. The topological polar surface area (TPSA) is 52.5 Å². The highest BCUT2D eigenvalue weighted by atomic mass is 19.1. The zero-order valence-corrected chi connectivity index (χ0v) is 11.4. The van der Waals surface area contributed by atoms with Gasteiger partial charge in [0.05, 0.1) is 12.7 Å². The van der Waals surface area contributed by atoms with Crippen LogP contribution in [0.4, 0.5) is 8.78 Å². The van der Waals surface area contributed by atoms with Gasteiger partial charge in [0.1, 0.15) is 11.6 Å². The Morgan fingerprint density at radius 2 is 1.90 bits per heavy atom. The van der Waals surface area contributed by atoms with E-state index in [0.29, 0.717) is 0 Å². The molecule has 0 bridgehead atoms. The van der Waals surface area contributed by atoms with Crippen molar-refractivity contribution in [2.24, 2.45) is 0 Å². The van der Waals surface area contributed by atoms with E-state index in [1.807, 2.05) is 0 Å². The van der Waals surface area contributed by atoms with E-state index in [1.165, 1.54) is 0 Å². The second-order valence-corrected chi connectivity index (χ2v) is 5.56. The Kier molecular flexibility index (Phi) is 5.07. The molecular weight excluding hydrogens is 264 g/mol. The summed E-state index contributed by atoms with van der Waals surface area (Å²) in [6.07, 6.45) is 3.74. The molecule has 3 nitrogen and oxygen atoms in total. The Morgan fingerprint density at radius 3 is 2.55 bits per heavy atom. The molecule has 0 spiro atoms. The SMILES string of the molecule is OCC1(NCC(O)c2cc(F)ccc2F)CCCCC1. The van der Waals surface area contributed by atoms with Crippen LogP contribution in [0.1, 0.15) is 43.8 Å². The Bertz CT molecular complexity index is 447. The van der Waals surface area contributed by atoms with Gasteiger partial charge in [-0.3, -0.25) is 0 Å². The maximum absolute atomic E-state index is 13.6. The first kappa shape index (κ1) is 15.4. The van der Waals surface area contributed by atoms with Gasteiger partial charge < -0.3 is 15.5 Å². The Labute approximate surface area is 117 Å². The van der Waals surface area contributed by atoms with Crippen molar-refractivity contribution in [3.05, 3.63) is 35.4 Å². The number of nitrogens with one attached hydrogen (secondary N) is 1. The first-order valence-electron chi connectivity index (χ1n) is 7.05. The Morgan fingerprint density at radius 1 is 1.20 bits per heavy atom. The van der Waals surface area contributed by atoms with Crippen molar-refractivity contribution in [3.63, 3.8) is 0 Å². The van der Waals surface area contributed by atoms with Crippen molar-refractivity contribution in [2.75, 3.05) is 13.2 Å². The second-order valence-electron chi connectivity index (χ2n) is 5.56. The molecule has 5 heteroatoms. The average Bonchev–Trinajstić information content (AvgIpc) is 2.48. The fourth-order valence-corrected chi connectivity index (χ4v) is 2.81. The van der Waals surface area contributed by atoms with Gasteiger partial charge in [-0.2, -0.15) is 0 Å². The van der Waals surface area contributed by atoms with Gasteiger partial charge in [0.25, 0.3) is 0 Å². The van der Waals surface area contributed by atoms with Crippen LogP contribution in [0.3, 0.4) is 0 Å². The Balaban J connectivity index is 2.00. The summed E-state index contributed by atoms with van der Waals surface area (Å²) in [5.74, 6) is -1.20. The van der Waals surface area contributed by atoms with Crippen molar-refractivity contribution in [1.29, 1.82) is 0 Å². The van der Waals surface area contributed by atoms with Crippen molar-refractivity contribution in [1.82, 2.24) is 5.32 Å². The zero-order valence-electron chi connectivity index (χ0n) is 11.4. The van der Waals surface area contributed by atoms with Crippen LogP contribution >= 0.6 is 0 Å². The van der Waals surface area contributed by atoms with Crippen LogP contribution in [0, 0.1) is 11.6 Å². The summed E-state index contributed by atoms with van der Waals surface area (Å²) < 4.78 is 26.7. The lowest BCUT2D eigenvalue weighted by Crippen LogP contribution is -2.51. The number of hydrogen-bond acceptors (Lipinski definition) is 3. The minimum absolute atomic E-state index is 0.00858. The van der Waals surface area contributed by atoms with Crippen molar-refractivity contribution >= 4 is 0 Å². The molecule has 1 aliphatic carbocycles. The summed E-state index contributed by atoms with van der Waals surface area (Å²) >= 11 is 0. The van der Waals surface area contributed by atoms with Gasteiger partial charge in [-0.25, -0.2) is 8.78 Å². The van der Waals surface area contributed by atoms with E-state index >= 15 is 0 Å². The predicted molar refractivity (Wildman–Crippen MR) is 72.2 cm³/mol. The summed E-state index contributed by atoms with van der Waals surface area (Å²) in [7, 11) is 0. The molecule has 0 radical (unpaired) electrons. The second kappa shape index (κ2) is 6.61. The Hall–Kier alpha value is -1.04. The van der Waals surface area contributed by atoms with Gasteiger partial charge in [-0.15, -0.1) is 0 Å². The van der Waals surface area contributed by atoms with E-state index < -0.39 is 23.3 Å². The summed E-state index contributed by atoms with van der Waals surface area (Å²) in [5, 5.41) is 22.7. The van der Waals surface area contributed by atoms with Crippen molar-refractivity contribution < 1.29 is 19.0 Å². The average molecular weight is 285 g/mol. The molecule has 0 heterocycles. The van der Waals surface area contributed by atoms with Crippen molar-refractivity contribution in [2.45, 2.75) is 43.7 Å². The van der Waals surface area contributed by atoms with Crippen molar-refractivity contribution in [3.8, 4) is 0 Å². The molecule has 1 aromatic rings. The molecule has 112 valence electrons. The van der Waals surface area contributed by atoms with E-state index in [0.717, 1.165) is 50.3 Å². The monoisotopic (exact) mass is 285 g/mol. The number of aliphatic hydroxyl groups excluding tert-OH is 2. The number of rotatable bonds is 5. The standard InChI is InChI=1S/C15H21F2NO2/c16-11-4-5-13(17)12(8-11)14(20)9-18-15(10-19)6-2-1-3-7-15/h4-5,8,14,18-20H,1-3,6-7,9-10H2. The molecule has 1 atom stereocenters. The fraction of sp³-hybridized carbons (Fsp3) is 0.600. The van der Waals surface area contributed by atoms with Crippen LogP contribution in [-0.2, 0) is 0 Å². The molecule has 1 fully saturated rings. The molecule has 0 aromatic heterocycles. The van der Waals surface area contributed by atoms with Crippen LogP contribution < -0.4 is 5.32 Å². The van der Waals surface area contributed by atoms with E-state index in [-0.39, 0.29) is 18.7 Å². The largest absolute Gasteiger partial charge is 0.394 e. The summed E-state index contributed by atoms with van der Waals surface area (Å²) in [4.78, 5) is 0. The zero-order chi connectivity index (χ0) is 14.6. The molecule has 20 heavy (non-hydrogen) atoms. The smallest absolute Gasteiger partial charge is 0.129 e. The van der Waals surface area contributed by atoms with Crippen LogP contribution in [0.15, 0.2) is 18.2 Å². The lowest BCUT2D eigenvalue weighted by atomic mass is 9.82. The van der Waals surface area contributed by atoms with Crippen LogP contribution in [0.5, 0.6) is 0 Å².